The lowest BCUT2D eigenvalue weighted by molar-refractivity contribution is -0.162. The molecule has 0 saturated heterocycles. The number of hydrogen-bond donors (Lipinski definition) is 0. The van der Waals surface area contributed by atoms with Crippen LogP contribution in [-0.2, 0) is 19.1 Å². The molecule has 0 radical (unpaired) electrons. The lowest BCUT2D eigenvalue weighted by Gasteiger charge is -2.24. The Labute approximate surface area is 187 Å². The van der Waals surface area contributed by atoms with Gasteiger partial charge in [-0.15, -0.1) is 0 Å². The summed E-state index contributed by atoms with van der Waals surface area (Å²) in [6.45, 7) is 10.00. The average Bonchev–Trinajstić information content (AvgIpc) is 3.42. The number of oxime groups is 1. The summed E-state index contributed by atoms with van der Waals surface area (Å²) in [4.78, 5) is 18.2. The van der Waals surface area contributed by atoms with Gasteiger partial charge in [0.25, 0.3) is 0 Å². The second-order valence-electron chi connectivity index (χ2n) is 8.96. The highest BCUT2D eigenvalue weighted by Crippen LogP contribution is 2.41. The minimum atomic E-state index is -0.759. The molecule has 0 aromatic heterocycles. The number of carbonyl (C=O) groups excluding carboxylic acids is 1. The number of nitrogens with zero attached hydrogens (tertiary/aromatic N) is 1. The zero-order chi connectivity index (χ0) is 21.9. The molecule has 1 saturated carbocycles. The van der Waals surface area contributed by atoms with E-state index in [4.69, 9.17) is 19.0 Å². The third-order valence-corrected chi connectivity index (χ3v) is 5.48. The zero-order valence-electron chi connectivity index (χ0n) is 18.4. The highest BCUT2D eigenvalue weighted by molar-refractivity contribution is 9.10. The van der Waals surface area contributed by atoms with Gasteiger partial charge in [-0.1, -0.05) is 34.4 Å². The van der Waals surface area contributed by atoms with Crippen LogP contribution in [0.1, 0.15) is 65.9 Å². The van der Waals surface area contributed by atoms with Gasteiger partial charge in [-0.3, -0.25) is 0 Å². The van der Waals surface area contributed by atoms with Crippen LogP contribution in [0.3, 0.4) is 0 Å². The normalized spacial score (nSPS) is 22.3. The van der Waals surface area contributed by atoms with Gasteiger partial charge in [0.05, 0.1) is 0 Å². The summed E-state index contributed by atoms with van der Waals surface area (Å²) >= 11 is 3.53. The quantitative estimate of drug-likeness (QED) is 0.355. The van der Waals surface area contributed by atoms with E-state index in [1.165, 1.54) is 0 Å². The zero-order valence-corrected chi connectivity index (χ0v) is 20.0. The Morgan fingerprint density at radius 3 is 2.70 bits per heavy atom. The fourth-order valence-electron chi connectivity index (χ4n) is 3.30. The van der Waals surface area contributed by atoms with Gasteiger partial charge in [-0.25, -0.2) is 4.79 Å². The molecule has 0 amide bonds. The van der Waals surface area contributed by atoms with Crippen LogP contribution >= 0.6 is 15.9 Å². The maximum absolute atomic E-state index is 12.4. The van der Waals surface area contributed by atoms with Gasteiger partial charge in [0.15, 0.2) is 12.2 Å². The van der Waals surface area contributed by atoms with Crippen molar-refractivity contribution in [1.29, 1.82) is 0 Å². The SMILES string of the molecule is CCCCOC1C(c2cc(Br)ccc2OC(C)C(=O)OC(C)(C)C)=NOC1C1CC1. The van der Waals surface area contributed by atoms with Crippen molar-refractivity contribution in [3.8, 4) is 5.75 Å². The molecule has 7 heteroatoms. The van der Waals surface area contributed by atoms with Gasteiger partial charge in [-0.2, -0.15) is 0 Å². The Bertz CT molecular complexity index is 784. The van der Waals surface area contributed by atoms with Crippen molar-refractivity contribution in [1.82, 2.24) is 0 Å². The van der Waals surface area contributed by atoms with Crippen molar-refractivity contribution in [2.24, 2.45) is 11.1 Å². The fraction of sp³-hybridized carbons (Fsp3) is 0.652. The molecule has 0 spiro atoms. The highest BCUT2D eigenvalue weighted by Gasteiger charge is 2.46. The van der Waals surface area contributed by atoms with E-state index in [1.54, 1.807) is 6.92 Å². The van der Waals surface area contributed by atoms with Crippen molar-refractivity contribution >= 4 is 27.6 Å². The van der Waals surface area contributed by atoms with E-state index in [-0.39, 0.29) is 12.2 Å². The monoisotopic (exact) mass is 481 g/mol. The van der Waals surface area contributed by atoms with Gasteiger partial charge < -0.3 is 19.0 Å². The molecule has 3 atom stereocenters. The molecule has 30 heavy (non-hydrogen) atoms. The predicted octanol–water partition coefficient (Wildman–Crippen LogP) is 5.26. The molecule has 1 heterocycles. The maximum atomic E-state index is 12.4. The number of hydrogen-bond acceptors (Lipinski definition) is 6. The van der Waals surface area contributed by atoms with E-state index in [9.17, 15) is 4.79 Å². The molecule has 1 fully saturated rings. The first-order valence-electron chi connectivity index (χ1n) is 10.7. The first-order chi connectivity index (χ1) is 14.2. The molecule has 1 aliphatic heterocycles. The molecule has 0 bridgehead atoms. The van der Waals surface area contributed by atoms with Crippen LogP contribution in [0.15, 0.2) is 27.8 Å². The van der Waals surface area contributed by atoms with Crippen molar-refractivity contribution < 1.29 is 23.8 Å². The van der Waals surface area contributed by atoms with Gasteiger partial charge in [0, 0.05) is 22.6 Å². The standard InChI is InChI=1S/C23H32BrNO5/c1-6-7-12-27-21-19(25-30-20(21)15-8-9-15)17-13-16(24)10-11-18(17)28-14(2)22(26)29-23(3,4)5/h10-11,13-15,20-21H,6-9,12H2,1-5H3. The van der Waals surface area contributed by atoms with E-state index in [0.717, 1.165) is 41.4 Å². The molecule has 0 N–H and O–H groups in total. The van der Waals surface area contributed by atoms with Crippen molar-refractivity contribution in [3.05, 3.63) is 28.2 Å². The van der Waals surface area contributed by atoms with Crippen LogP contribution in [0.25, 0.3) is 0 Å². The Morgan fingerprint density at radius 1 is 1.33 bits per heavy atom. The van der Waals surface area contributed by atoms with Crippen LogP contribution in [0.4, 0.5) is 0 Å². The molecular weight excluding hydrogens is 450 g/mol. The van der Waals surface area contributed by atoms with Crippen LogP contribution in [0.5, 0.6) is 5.75 Å². The topological polar surface area (TPSA) is 66.4 Å². The van der Waals surface area contributed by atoms with Crippen LogP contribution in [0, 0.1) is 5.92 Å². The summed E-state index contributed by atoms with van der Waals surface area (Å²) in [6, 6.07) is 5.64. The lowest BCUT2D eigenvalue weighted by atomic mass is 9.98. The summed E-state index contributed by atoms with van der Waals surface area (Å²) in [5, 5.41) is 4.40. The Morgan fingerprint density at radius 2 is 2.07 bits per heavy atom. The summed E-state index contributed by atoms with van der Waals surface area (Å²) in [5.74, 6) is 0.627. The van der Waals surface area contributed by atoms with Gasteiger partial charge in [-0.05, 0) is 65.2 Å². The van der Waals surface area contributed by atoms with E-state index in [1.807, 2.05) is 39.0 Å². The predicted molar refractivity (Wildman–Crippen MR) is 119 cm³/mol. The number of esters is 1. The lowest BCUT2D eigenvalue weighted by Crippen LogP contribution is -2.36. The van der Waals surface area contributed by atoms with Crippen molar-refractivity contribution in [2.45, 2.75) is 84.2 Å². The summed E-state index contributed by atoms with van der Waals surface area (Å²) in [7, 11) is 0. The first-order valence-corrected chi connectivity index (χ1v) is 11.5. The van der Waals surface area contributed by atoms with E-state index in [0.29, 0.717) is 18.3 Å². The molecular formula is C23H32BrNO5. The Kier molecular flexibility index (Phi) is 7.45. The third kappa shape index (κ3) is 5.97. The van der Waals surface area contributed by atoms with Gasteiger partial charge >= 0.3 is 5.97 Å². The summed E-state index contributed by atoms with van der Waals surface area (Å²) < 4.78 is 18.6. The highest BCUT2D eigenvalue weighted by atomic mass is 79.9. The molecule has 1 aromatic rings. The third-order valence-electron chi connectivity index (χ3n) is 4.98. The minimum absolute atomic E-state index is 0.0630. The second kappa shape index (κ2) is 9.69. The second-order valence-corrected chi connectivity index (χ2v) is 9.88. The van der Waals surface area contributed by atoms with E-state index in [2.05, 4.69) is 28.0 Å². The van der Waals surface area contributed by atoms with E-state index < -0.39 is 17.7 Å². The van der Waals surface area contributed by atoms with Crippen molar-refractivity contribution in [2.75, 3.05) is 6.61 Å². The number of ether oxygens (including phenoxy) is 3. The van der Waals surface area contributed by atoms with Crippen LogP contribution in [-0.4, -0.2) is 42.2 Å². The molecule has 1 aliphatic carbocycles. The Balaban J connectivity index is 1.82. The largest absolute Gasteiger partial charge is 0.478 e. The number of rotatable bonds is 9. The molecule has 2 aliphatic rings. The number of halogens is 1. The summed E-state index contributed by atoms with van der Waals surface area (Å²) in [6.07, 6.45) is 3.26. The Hall–Kier alpha value is -1.60. The smallest absolute Gasteiger partial charge is 0.347 e. The number of benzene rings is 1. The molecule has 3 rings (SSSR count). The number of unbranched alkanes of at least 4 members (excludes halogenated alkanes) is 1. The molecule has 3 unspecified atom stereocenters. The molecule has 6 nitrogen and oxygen atoms in total. The maximum Gasteiger partial charge on any atom is 0.347 e. The van der Waals surface area contributed by atoms with Crippen LogP contribution < -0.4 is 4.74 Å². The fourth-order valence-corrected chi connectivity index (χ4v) is 3.66. The molecule has 1 aromatic carbocycles. The summed E-state index contributed by atoms with van der Waals surface area (Å²) in [5.41, 5.74) is 0.913. The van der Waals surface area contributed by atoms with Gasteiger partial charge in [0.2, 0.25) is 0 Å². The van der Waals surface area contributed by atoms with Gasteiger partial charge in [0.1, 0.15) is 23.2 Å². The average molecular weight is 482 g/mol. The van der Waals surface area contributed by atoms with Crippen molar-refractivity contribution in [3.63, 3.8) is 0 Å². The first kappa shape index (κ1) is 23.1. The molecule has 166 valence electrons. The van der Waals surface area contributed by atoms with Crippen LogP contribution in [0.2, 0.25) is 0 Å². The number of carbonyl (C=O) groups is 1. The minimum Gasteiger partial charge on any atom is -0.478 e. The van der Waals surface area contributed by atoms with E-state index >= 15 is 0 Å².